The Morgan fingerprint density at radius 2 is 2.14 bits per heavy atom. The van der Waals surface area contributed by atoms with Gasteiger partial charge in [0.15, 0.2) is 0 Å². The van der Waals surface area contributed by atoms with E-state index in [4.69, 9.17) is 4.74 Å². The summed E-state index contributed by atoms with van der Waals surface area (Å²) < 4.78 is 7.64. The van der Waals surface area contributed by atoms with Crippen molar-refractivity contribution in [3.05, 3.63) is 48.3 Å². The van der Waals surface area contributed by atoms with E-state index in [0.29, 0.717) is 12.0 Å². The van der Waals surface area contributed by atoms with Crippen LogP contribution >= 0.6 is 0 Å². The van der Waals surface area contributed by atoms with E-state index in [-0.39, 0.29) is 0 Å². The zero-order valence-corrected chi connectivity index (χ0v) is 12.5. The van der Waals surface area contributed by atoms with Crippen LogP contribution in [0, 0.1) is 5.92 Å². The van der Waals surface area contributed by atoms with Crippen molar-refractivity contribution in [1.82, 2.24) is 15.1 Å². The Labute approximate surface area is 126 Å². The highest BCUT2D eigenvalue weighted by molar-refractivity contribution is 5.30. The number of rotatable bonds is 6. The molecule has 1 aromatic carbocycles. The number of aromatic nitrogens is 2. The fraction of sp³-hybridized carbons (Fsp3) is 0.471. The van der Waals surface area contributed by atoms with Gasteiger partial charge in [0.05, 0.1) is 17.5 Å². The number of hydrogen-bond acceptors (Lipinski definition) is 3. The Morgan fingerprint density at radius 1 is 1.29 bits per heavy atom. The summed E-state index contributed by atoms with van der Waals surface area (Å²) in [5.41, 5.74) is 2.17. The summed E-state index contributed by atoms with van der Waals surface area (Å²) in [7, 11) is 0. The lowest BCUT2D eigenvalue weighted by molar-refractivity contribution is 0.0872. The van der Waals surface area contributed by atoms with Gasteiger partial charge in [-0.2, -0.15) is 5.10 Å². The van der Waals surface area contributed by atoms with Crippen LogP contribution in [0.3, 0.4) is 0 Å². The fourth-order valence-electron chi connectivity index (χ4n) is 2.94. The van der Waals surface area contributed by atoms with Crippen LogP contribution in [0.5, 0.6) is 0 Å². The molecule has 3 rings (SSSR count). The molecule has 4 nitrogen and oxygen atoms in total. The van der Waals surface area contributed by atoms with Crippen LogP contribution in [0.1, 0.15) is 25.5 Å². The standard InChI is InChI=1S/C17H23N3O/c1-2-17-14(9-11-21-17)12-18-13-15-8-10-20(19-15)16-6-4-3-5-7-16/h3-8,10,14,17-18H,2,9,11-13H2,1H3. The summed E-state index contributed by atoms with van der Waals surface area (Å²) in [4.78, 5) is 0. The molecule has 1 aromatic heterocycles. The molecule has 0 aliphatic carbocycles. The summed E-state index contributed by atoms with van der Waals surface area (Å²) in [6, 6.07) is 12.3. The van der Waals surface area contributed by atoms with Crippen molar-refractivity contribution < 1.29 is 4.74 Å². The molecule has 1 saturated heterocycles. The van der Waals surface area contributed by atoms with Gasteiger partial charge in [0.25, 0.3) is 0 Å². The maximum absolute atomic E-state index is 5.72. The predicted octanol–water partition coefficient (Wildman–Crippen LogP) is 2.78. The van der Waals surface area contributed by atoms with E-state index >= 15 is 0 Å². The first-order valence-corrected chi connectivity index (χ1v) is 7.79. The van der Waals surface area contributed by atoms with E-state index in [0.717, 1.165) is 37.5 Å². The van der Waals surface area contributed by atoms with E-state index in [1.807, 2.05) is 29.1 Å². The summed E-state index contributed by atoms with van der Waals surface area (Å²) in [5.74, 6) is 0.645. The molecular weight excluding hydrogens is 262 g/mol. The number of benzene rings is 1. The van der Waals surface area contributed by atoms with Crippen LogP contribution in [0.15, 0.2) is 42.6 Å². The van der Waals surface area contributed by atoms with Gasteiger partial charge in [0.2, 0.25) is 0 Å². The third-order valence-electron chi connectivity index (χ3n) is 4.13. The molecule has 1 aliphatic rings. The van der Waals surface area contributed by atoms with Crippen LogP contribution in [-0.4, -0.2) is 29.0 Å². The van der Waals surface area contributed by atoms with Gasteiger partial charge in [-0.25, -0.2) is 4.68 Å². The molecular formula is C17H23N3O. The first kappa shape index (κ1) is 14.3. The molecule has 0 radical (unpaired) electrons. The van der Waals surface area contributed by atoms with Gasteiger partial charge in [-0.05, 0) is 37.0 Å². The van der Waals surface area contributed by atoms with Crippen molar-refractivity contribution in [2.45, 2.75) is 32.4 Å². The first-order valence-electron chi connectivity index (χ1n) is 7.79. The van der Waals surface area contributed by atoms with Gasteiger partial charge in [-0.3, -0.25) is 0 Å². The number of ether oxygens (including phenoxy) is 1. The quantitative estimate of drug-likeness (QED) is 0.887. The van der Waals surface area contributed by atoms with Crippen molar-refractivity contribution in [3.8, 4) is 5.69 Å². The Bertz CT molecular complexity index is 552. The molecule has 1 N–H and O–H groups in total. The minimum atomic E-state index is 0.430. The minimum Gasteiger partial charge on any atom is -0.378 e. The third kappa shape index (κ3) is 3.52. The lowest BCUT2D eigenvalue weighted by atomic mass is 10.00. The molecule has 0 saturated carbocycles. The largest absolute Gasteiger partial charge is 0.378 e. The van der Waals surface area contributed by atoms with Crippen LogP contribution in [0.2, 0.25) is 0 Å². The third-order valence-corrected chi connectivity index (χ3v) is 4.13. The predicted molar refractivity (Wildman–Crippen MR) is 83.4 cm³/mol. The van der Waals surface area contributed by atoms with E-state index in [9.17, 15) is 0 Å². The summed E-state index contributed by atoms with van der Waals surface area (Å²) in [5, 5.41) is 8.12. The SMILES string of the molecule is CCC1OCCC1CNCc1ccn(-c2ccccc2)n1. The highest BCUT2D eigenvalue weighted by Crippen LogP contribution is 2.22. The number of nitrogens with zero attached hydrogens (tertiary/aromatic N) is 2. The zero-order chi connectivity index (χ0) is 14.5. The molecule has 0 spiro atoms. The van der Waals surface area contributed by atoms with E-state index in [1.54, 1.807) is 0 Å². The molecule has 2 aromatic rings. The smallest absolute Gasteiger partial charge is 0.0766 e. The normalized spacial score (nSPS) is 21.8. The summed E-state index contributed by atoms with van der Waals surface area (Å²) in [6.07, 6.45) is 4.72. The first-order chi connectivity index (χ1) is 10.4. The molecule has 112 valence electrons. The van der Waals surface area contributed by atoms with Gasteiger partial charge < -0.3 is 10.1 Å². The topological polar surface area (TPSA) is 39.1 Å². The molecule has 0 bridgehead atoms. The van der Waals surface area contributed by atoms with Crippen molar-refractivity contribution in [3.63, 3.8) is 0 Å². The van der Waals surface area contributed by atoms with Gasteiger partial charge in [0.1, 0.15) is 0 Å². The molecule has 0 amide bonds. The monoisotopic (exact) mass is 285 g/mol. The number of para-hydroxylation sites is 1. The Balaban J connectivity index is 1.51. The lowest BCUT2D eigenvalue weighted by Crippen LogP contribution is -2.28. The van der Waals surface area contributed by atoms with Crippen LogP contribution in [-0.2, 0) is 11.3 Å². The fourth-order valence-corrected chi connectivity index (χ4v) is 2.94. The average Bonchev–Trinajstić information content (AvgIpc) is 3.17. The summed E-state index contributed by atoms with van der Waals surface area (Å²) in [6.45, 7) is 4.93. The van der Waals surface area contributed by atoms with Crippen LogP contribution in [0.25, 0.3) is 5.69 Å². The number of nitrogens with one attached hydrogen (secondary N) is 1. The molecule has 2 heterocycles. The highest BCUT2D eigenvalue weighted by atomic mass is 16.5. The lowest BCUT2D eigenvalue weighted by Gasteiger charge is -2.16. The van der Waals surface area contributed by atoms with E-state index < -0.39 is 0 Å². The molecule has 1 fully saturated rings. The maximum Gasteiger partial charge on any atom is 0.0766 e. The Kier molecular flexibility index (Phi) is 4.68. The molecule has 1 aliphatic heterocycles. The van der Waals surface area contributed by atoms with Gasteiger partial charge >= 0.3 is 0 Å². The second kappa shape index (κ2) is 6.87. The van der Waals surface area contributed by atoms with Crippen molar-refractivity contribution in [1.29, 1.82) is 0 Å². The average molecular weight is 285 g/mol. The van der Waals surface area contributed by atoms with Gasteiger partial charge in [-0.1, -0.05) is 25.1 Å². The Hall–Kier alpha value is -1.65. The van der Waals surface area contributed by atoms with Crippen LogP contribution in [0.4, 0.5) is 0 Å². The maximum atomic E-state index is 5.72. The van der Waals surface area contributed by atoms with Gasteiger partial charge in [-0.15, -0.1) is 0 Å². The van der Waals surface area contributed by atoms with E-state index in [2.05, 4.69) is 35.5 Å². The molecule has 21 heavy (non-hydrogen) atoms. The van der Waals surface area contributed by atoms with Crippen molar-refractivity contribution in [2.75, 3.05) is 13.2 Å². The second-order valence-electron chi connectivity index (χ2n) is 5.58. The van der Waals surface area contributed by atoms with E-state index in [1.165, 1.54) is 6.42 Å². The van der Waals surface area contributed by atoms with Crippen molar-refractivity contribution >= 4 is 0 Å². The highest BCUT2D eigenvalue weighted by Gasteiger charge is 2.25. The molecule has 2 unspecified atom stereocenters. The minimum absolute atomic E-state index is 0.430. The zero-order valence-electron chi connectivity index (χ0n) is 12.5. The molecule has 2 atom stereocenters. The summed E-state index contributed by atoms with van der Waals surface area (Å²) >= 11 is 0. The van der Waals surface area contributed by atoms with Gasteiger partial charge in [0, 0.05) is 25.9 Å². The molecule has 4 heteroatoms. The second-order valence-corrected chi connectivity index (χ2v) is 5.58. The van der Waals surface area contributed by atoms with Crippen molar-refractivity contribution in [2.24, 2.45) is 5.92 Å². The van der Waals surface area contributed by atoms with Crippen LogP contribution < -0.4 is 5.32 Å². The Morgan fingerprint density at radius 3 is 2.95 bits per heavy atom. The number of hydrogen-bond donors (Lipinski definition) is 1.